The molecule has 0 fully saturated rings. The van der Waals surface area contributed by atoms with Crippen LogP contribution >= 0.6 is 23.1 Å². The fraction of sp³-hybridized carbons (Fsp3) is 0.125. The van der Waals surface area contributed by atoms with Crippen molar-refractivity contribution in [2.24, 2.45) is 0 Å². The fourth-order valence-electron chi connectivity index (χ4n) is 1.95. The number of nitrogens with zero attached hydrogens (tertiary/aromatic N) is 3. The van der Waals surface area contributed by atoms with Crippen LogP contribution in [0.2, 0.25) is 0 Å². The molecule has 2 heterocycles. The highest BCUT2D eigenvalue weighted by atomic mass is 32.2. The van der Waals surface area contributed by atoms with Gasteiger partial charge in [-0.1, -0.05) is 11.8 Å². The zero-order valence-corrected chi connectivity index (χ0v) is 13.8. The van der Waals surface area contributed by atoms with Crippen LogP contribution in [0.5, 0.6) is 0 Å². The van der Waals surface area contributed by atoms with Crippen LogP contribution in [0.25, 0.3) is 10.2 Å². The van der Waals surface area contributed by atoms with E-state index in [1.807, 2.05) is 24.4 Å². The van der Waals surface area contributed by atoms with Crippen molar-refractivity contribution in [1.82, 2.24) is 9.97 Å². The molecule has 7 heteroatoms. The van der Waals surface area contributed by atoms with Crippen molar-refractivity contribution in [3.05, 3.63) is 47.6 Å². The first-order valence-electron chi connectivity index (χ1n) is 6.83. The van der Waals surface area contributed by atoms with E-state index in [0.29, 0.717) is 11.3 Å². The number of carbonyl (C=O) groups is 1. The molecule has 3 aromatic rings. The Morgan fingerprint density at radius 1 is 1.30 bits per heavy atom. The van der Waals surface area contributed by atoms with Crippen LogP contribution in [0, 0.1) is 11.3 Å². The van der Waals surface area contributed by atoms with Gasteiger partial charge in [-0.2, -0.15) is 5.26 Å². The van der Waals surface area contributed by atoms with Crippen molar-refractivity contribution in [2.75, 3.05) is 5.32 Å². The number of hydrogen-bond acceptors (Lipinski definition) is 6. The number of nitrogens with one attached hydrogen (secondary N) is 1. The molecular formula is C16H12N4OS2. The molecule has 3 rings (SSSR count). The van der Waals surface area contributed by atoms with Crippen LogP contribution in [0.3, 0.4) is 0 Å². The second kappa shape index (κ2) is 6.77. The van der Waals surface area contributed by atoms with Gasteiger partial charge in [0.2, 0.25) is 5.91 Å². The van der Waals surface area contributed by atoms with E-state index in [0.717, 1.165) is 15.2 Å². The molecular weight excluding hydrogens is 328 g/mol. The molecule has 5 nitrogen and oxygen atoms in total. The molecule has 23 heavy (non-hydrogen) atoms. The summed E-state index contributed by atoms with van der Waals surface area (Å²) < 4.78 is 0. The normalized spacial score (nSPS) is 11.8. The Kier molecular flexibility index (Phi) is 4.55. The number of amides is 1. The minimum Gasteiger partial charge on any atom is -0.325 e. The fourth-order valence-corrected chi connectivity index (χ4v) is 3.65. The second-order valence-electron chi connectivity index (χ2n) is 4.76. The van der Waals surface area contributed by atoms with Gasteiger partial charge < -0.3 is 5.32 Å². The molecule has 0 aliphatic carbocycles. The number of aromatic nitrogens is 2. The van der Waals surface area contributed by atoms with E-state index in [-0.39, 0.29) is 11.2 Å². The van der Waals surface area contributed by atoms with Crippen LogP contribution in [0.15, 0.2) is 47.1 Å². The van der Waals surface area contributed by atoms with Gasteiger partial charge in [-0.25, -0.2) is 9.97 Å². The van der Waals surface area contributed by atoms with Gasteiger partial charge in [0, 0.05) is 11.1 Å². The van der Waals surface area contributed by atoms with Gasteiger partial charge in [0.15, 0.2) is 0 Å². The smallest absolute Gasteiger partial charge is 0.237 e. The molecule has 0 spiro atoms. The lowest BCUT2D eigenvalue weighted by Crippen LogP contribution is -2.22. The minimum absolute atomic E-state index is 0.110. The van der Waals surface area contributed by atoms with Gasteiger partial charge >= 0.3 is 0 Å². The molecule has 2 aromatic heterocycles. The molecule has 0 radical (unpaired) electrons. The predicted molar refractivity (Wildman–Crippen MR) is 92.5 cm³/mol. The summed E-state index contributed by atoms with van der Waals surface area (Å²) in [6, 6.07) is 10.8. The van der Waals surface area contributed by atoms with Crippen molar-refractivity contribution in [3.8, 4) is 6.07 Å². The van der Waals surface area contributed by atoms with E-state index in [1.54, 1.807) is 35.6 Å². The third kappa shape index (κ3) is 3.50. The zero-order chi connectivity index (χ0) is 16.2. The molecule has 0 bridgehead atoms. The average molecular weight is 340 g/mol. The van der Waals surface area contributed by atoms with E-state index in [2.05, 4.69) is 15.3 Å². The highest BCUT2D eigenvalue weighted by Crippen LogP contribution is 2.30. The second-order valence-corrected chi connectivity index (χ2v) is 6.98. The number of hydrogen-bond donors (Lipinski definition) is 1. The van der Waals surface area contributed by atoms with Gasteiger partial charge in [-0.15, -0.1) is 11.3 Å². The number of benzene rings is 1. The quantitative estimate of drug-likeness (QED) is 0.579. The summed E-state index contributed by atoms with van der Waals surface area (Å²) in [6.45, 7) is 1.84. The lowest BCUT2D eigenvalue weighted by Gasteiger charge is -2.12. The number of anilines is 1. The average Bonchev–Trinajstić information content (AvgIpc) is 3.05. The van der Waals surface area contributed by atoms with Crippen molar-refractivity contribution in [1.29, 1.82) is 5.26 Å². The Hall–Kier alpha value is -2.43. The monoisotopic (exact) mass is 340 g/mol. The number of rotatable bonds is 4. The molecule has 0 aliphatic rings. The Labute approximate surface area is 141 Å². The lowest BCUT2D eigenvalue weighted by molar-refractivity contribution is -0.115. The standard InChI is InChI=1S/C16H12N4OS2/c1-10(14(21)20-12-4-2-11(8-17)3-5-12)23-16-13-6-7-22-15(13)18-9-19-16/h2-7,9-10H,1H3,(H,20,21)/t10-/m0/s1. The van der Waals surface area contributed by atoms with Crippen molar-refractivity contribution in [2.45, 2.75) is 17.2 Å². The maximum atomic E-state index is 12.3. The number of carbonyl (C=O) groups excluding carboxylic acids is 1. The molecule has 1 atom stereocenters. The van der Waals surface area contributed by atoms with Gasteiger partial charge in [0.1, 0.15) is 16.2 Å². The minimum atomic E-state index is -0.302. The van der Waals surface area contributed by atoms with E-state index in [1.165, 1.54) is 18.1 Å². The largest absolute Gasteiger partial charge is 0.325 e. The molecule has 1 N–H and O–H groups in total. The molecule has 0 unspecified atom stereocenters. The van der Waals surface area contributed by atoms with Crippen LogP contribution < -0.4 is 5.32 Å². The number of thiophene rings is 1. The van der Waals surface area contributed by atoms with Gasteiger partial charge in [-0.3, -0.25) is 4.79 Å². The van der Waals surface area contributed by atoms with Crippen molar-refractivity contribution >= 4 is 44.9 Å². The zero-order valence-electron chi connectivity index (χ0n) is 12.2. The molecule has 1 amide bonds. The van der Waals surface area contributed by atoms with E-state index >= 15 is 0 Å². The van der Waals surface area contributed by atoms with Crippen LogP contribution in [-0.4, -0.2) is 21.1 Å². The van der Waals surface area contributed by atoms with E-state index in [4.69, 9.17) is 5.26 Å². The summed E-state index contributed by atoms with van der Waals surface area (Å²) in [5.41, 5.74) is 1.23. The molecule has 0 saturated carbocycles. The Morgan fingerprint density at radius 2 is 2.09 bits per heavy atom. The van der Waals surface area contributed by atoms with Crippen LogP contribution in [0.4, 0.5) is 5.69 Å². The highest BCUT2D eigenvalue weighted by Gasteiger charge is 2.17. The van der Waals surface area contributed by atoms with Gasteiger partial charge in [0.25, 0.3) is 0 Å². The Balaban J connectivity index is 1.70. The van der Waals surface area contributed by atoms with Crippen molar-refractivity contribution in [3.63, 3.8) is 0 Å². The first kappa shape index (κ1) is 15.5. The topological polar surface area (TPSA) is 78.7 Å². The predicted octanol–water partition coefficient (Wildman–Crippen LogP) is 3.68. The van der Waals surface area contributed by atoms with Crippen LogP contribution in [0.1, 0.15) is 12.5 Å². The number of thioether (sulfide) groups is 1. The molecule has 0 aliphatic heterocycles. The Morgan fingerprint density at radius 3 is 2.83 bits per heavy atom. The van der Waals surface area contributed by atoms with Gasteiger partial charge in [0.05, 0.1) is 16.9 Å². The highest BCUT2D eigenvalue weighted by molar-refractivity contribution is 8.00. The molecule has 0 saturated heterocycles. The third-order valence-electron chi connectivity index (χ3n) is 3.16. The third-order valence-corrected chi connectivity index (χ3v) is 5.10. The maximum Gasteiger partial charge on any atom is 0.237 e. The van der Waals surface area contributed by atoms with Gasteiger partial charge in [-0.05, 0) is 42.6 Å². The number of fused-ring (bicyclic) bond motifs is 1. The SMILES string of the molecule is C[C@H](Sc1ncnc2sccc12)C(=O)Nc1ccc(C#N)cc1. The summed E-state index contributed by atoms with van der Waals surface area (Å²) in [6.07, 6.45) is 1.52. The summed E-state index contributed by atoms with van der Waals surface area (Å²) in [5.74, 6) is -0.110. The van der Waals surface area contributed by atoms with E-state index < -0.39 is 0 Å². The van der Waals surface area contributed by atoms with Crippen LogP contribution in [-0.2, 0) is 4.79 Å². The van der Waals surface area contributed by atoms with E-state index in [9.17, 15) is 4.79 Å². The summed E-state index contributed by atoms with van der Waals surface area (Å²) in [7, 11) is 0. The summed E-state index contributed by atoms with van der Waals surface area (Å²) in [5, 5.41) is 15.1. The maximum absolute atomic E-state index is 12.3. The number of nitriles is 1. The molecule has 114 valence electrons. The molecule has 1 aromatic carbocycles. The first-order chi connectivity index (χ1) is 11.2. The van der Waals surface area contributed by atoms with Crippen molar-refractivity contribution < 1.29 is 4.79 Å². The Bertz CT molecular complexity index is 883. The summed E-state index contributed by atoms with van der Waals surface area (Å²) >= 11 is 2.96. The summed E-state index contributed by atoms with van der Waals surface area (Å²) in [4.78, 5) is 21.7. The lowest BCUT2D eigenvalue weighted by atomic mass is 10.2. The first-order valence-corrected chi connectivity index (χ1v) is 8.59.